The van der Waals surface area contributed by atoms with Crippen molar-refractivity contribution in [3.05, 3.63) is 72.3 Å². The maximum absolute atomic E-state index is 12.9. The summed E-state index contributed by atoms with van der Waals surface area (Å²) in [6, 6.07) is 17.4. The van der Waals surface area contributed by atoms with E-state index in [0.717, 1.165) is 0 Å². The first kappa shape index (κ1) is 22.0. The minimum atomic E-state index is -4.00. The molecule has 0 heterocycles. The van der Waals surface area contributed by atoms with Crippen LogP contribution in [0.3, 0.4) is 0 Å². The second-order valence-electron chi connectivity index (χ2n) is 6.35. The molecule has 0 unspecified atom stereocenters. The number of benzene rings is 3. The van der Waals surface area contributed by atoms with Crippen LogP contribution in [-0.4, -0.2) is 35.7 Å². The number of anilines is 2. The first-order valence-electron chi connectivity index (χ1n) is 9.17. The second kappa shape index (κ2) is 9.40. The highest BCUT2D eigenvalue weighted by molar-refractivity contribution is 7.92. The van der Waals surface area contributed by atoms with Crippen molar-refractivity contribution in [1.29, 1.82) is 0 Å². The molecule has 0 spiro atoms. The van der Waals surface area contributed by atoms with Gasteiger partial charge in [0, 0.05) is 17.8 Å². The number of carbonyl (C=O) groups is 1. The van der Waals surface area contributed by atoms with E-state index in [1.807, 2.05) is 0 Å². The molecule has 3 rings (SSSR count). The molecule has 0 fully saturated rings. The Balaban J connectivity index is 1.88. The largest absolute Gasteiger partial charge is 0.497 e. The third kappa shape index (κ3) is 5.07. The minimum absolute atomic E-state index is 0.0341. The number of amides is 1. The molecule has 0 aliphatic carbocycles. The summed E-state index contributed by atoms with van der Waals surface area (Å²) in [5.74, 6) is 0.785. The lowest BCUT2D eigenvalue weighted by atomic mass is 10.1. The third-order valence-electron chi connectivity index (χ3n) is 4.41. The van der Waals surface area contributed by atoms with Crippen LogP contribution in [0.25, 0.3) is 0 Å². The highest BCUT2D eigenvalue weighted by Crippen LogP contribution is 2.30. The van der Waals surface area contributed by atoms with Gasteiger partial charge in [-0.2, -0.15) is 0 Å². The lowest BCUT2D eigenvalue weighted by Crippen LogP contribution is -2.18. The van der Waals surface area contributed by atoms with Crippen LogP contribution in [0.1, 0.15) is 10.4 Å². The van der Waals surface area contributed by atoms with Gasteiger partial charge in [0.05, 0.1) is 37.5 Å². The predicted molar refractivity (Wildman–Crippen MR) is 118 cm³/mol. The first-order valence-corrected chi connectivity index (χ1v) is 10.7. The topological polar surface area (TPSA) is 103 Å². The normalized spacial score (nSPS) is 10.8. The minimum Gasteiger partial charge on any atom is -0.497 e. The maximum atomic E-state index is 12.9. The van der Waals surface area contributed by atoms with Crippen molar-refractivity contribution in [2.24, 2.45) is 0 Å². The van der Waals surface area contributed by atoms with E-state index in [2.05, 4.69) is 10.0 Å². The fraction of sp³-hybridized carbons (Fsp3) is 0.136. The molecular formula is C22H22N2O6S. The zero-order chi connectivity index (χ0) is 22.4. The van der Waals surface area contributed by atoms with Gasteiger partial charge >= 0.3 is 0 Å². The Labute approximate surface area is 180 Å². The van der Waals surface area contributed by atoms with Crippen LogP contribution in [0, 0.1) is 0 Å². The average Bonchev–Trinajstić information content (AvgIpc) is 2.78. The zero-order valence-corrected chi connectivity index (χ0v) is 18.0. The van der Waals surface area contributed by atoms with E-state index in [4.69, 9.17) is 14.2 Å². The Hall–Kier alpha value is -3.72. The lowest BCUT2D eigenvalue weighted by Gasteiger charge is -2.14. The number of para-hydroxylation sites is 1. The van der Waals surface area contributed by atoms with Gasteiger partial charge in [-0.25, -0.2) is 8.42 Å². The number of sulfonamides is 1. The van der Waals surface area contributed by atoms with E-state index in [1.54, 1.807) is 36.4 Å². The van der Waals surface area contributed by atoms with E-state index >= 15 is 0 Å². The number of nitrogens with one attached hydrogen (secondary N) is 2. The van der Waals surface area contributed by atoms with Crippen LogP contribution >= 0.6 is 0 Å². The van der Waals surface area contributed by atoms with Gasteiger partial charge in [0.15, 0.2) is 11.5 Å². The van der Waals surface area contributed by atoms with Gasteiger partial charge < -0.3 is 19.5 Å². The molecule has 0 saturated carbocycles. The smallest absolute Gasteiger partial charge is 0.262 e. The lowest BCUT2D eigenvalue weighted by molar-refractivity contribution is 0.102. The number of hydrogen-bond donors (Lipinski definition) is 2. The van der Waals surface area contributed by atoms with Crippen molar-refractivity contribution in [3.8, 4) is 17.2 Å². The number of methoxy groups -OCH3 is 3. The van der Waals surface area contributed by atoms with Gasteiger partial charge in [-0.05, 0) is 36.4 Å². The molecular weight excluding hydrogens is 420 g/mol. The van der Waals surface area contributed by atoms with Crippen molar-refractivity contribution >= 4 is 27.3 Å². The zero-order valence-electron chi connectivity index (χ0n) is 17.2. The fourth-order valence-corrected chi connectivity index (χ4v) is 3.95. The molecule has 1 amide bonds. The van der Waals surface area contributed by atoms with Crippen LogP contribution in [0.15, 0.2) is 71.6 Å². The van der Waals surface area contributed by atoms with Gasteiger partial charge in [-0.3, -0.25) is 9.52 Å². The molecule has 8 nitrogen and oxygen atoms in total. The van der Waals surface area contributed by atoms with E-state index < -0.39 is 15.9 Å². The van der Waals surface area contributed by atoms with E-state index in [9.17, 15) is 13.2 Å². The fourth-order valence-electron chi connectivity index (χ4n) is 2.86. The van der Waals surface area contributed by atoms with Crippen molar-refractivity contribution in [2.45, 2.75) is 4.90 Å². The molecule has 9 heteroatoms. The SMILES string of the molecule is COc1cccc(NC(=O)c2ccccc2NS(=O)(=O)c2ccc(OC)c(OC)c2)c1. The summed E-state index contributed by atoms with van der Waals surface area (Å²) in [7, 11) is 0.407. The first-order chi connectivity index (χ1) is 14.9. The summed E-state index contributed by atoms with van der Waals surface area (Å²) in [5.41, 5.74) is 0.814. The molecule has 0 saturated heterocycles. The summed E-state index contributed by atoms with van der Waals surface area (Å²) >= 11 is 0. The Morgan fingerprint density at radius 1 is 0.806 bits per heavy atom. The molecule has 0 atom stereocenters. The van der Waals surface area contributed by atoms with Gasteiger partial charge in [0.1, 0.15) is 5.75 Å². The summed E-state index contributed by atoms with van der Waals surface area (Å²) in [6.07, 6.45) is 0. The third-order valence-corrected chi connectivity index (χ3v) is 5.77. The molecule has 3 aromatic rings. The van der Waals surface area contributed by atoms with E-state index in [0.29, 0.717) is 17.2 Å². The van der Waals surface area contributed by atoms with Gasteiger partial charge in [0.25, 0.3) is 15.9 Å². The molecule has 0 aliphatic rings. The Bertz CT molecular complexity index is 1190. The summed E-state index contributed by atoms with van der Waals surface area (Å²) in [6.45, 7) is 0. The molecule has 3 aromatic carbocycles. The van der Waals surface area contributed by atoms with E-state index in [1.165, 1.54) is 51.7 Å². The van der Waals surface area contributed by atoms with Crippen LogP contribution in [0.2, 0.25) is 0 Å². The van der Waals surface area contributed by atoms with Crippen LogP contribution in [0.4, 0.5) is 11.4 Å². The second-order valence-corrected chi connectivity index (χ2v) is 8.04. The van der Waals surface area contributed by atoms with Gasteiger partial charge in [-0.1, -0.05) is 18.2 Å². The molecule has 31 heavy (non-hydrogen) atoms. The maximum Gasteiger partial charge on any atom is 0.262 e. The van der Waals surface area contributed by atoms with Crippen LogP contribution in [-0.2, 0) is 10.0 Å². The van der Waals surface area contributed by atoms with Crippen molar-refractivity contribution in [3.63, 3.8) is 0 Å². The van der Waals surface area contributed by atoms with Crippen LogP contribution in [0.5, 0.6) is 17.2 Å². The van der Waals surface area contributed by atoms with Crippen molar-refractivity contribution < 1.29 is 27.4 Å². The molecule has 0 radical (unpaired) electrons. The highest BCUT2D eigenvalue weighted by Gasteiger charge is 2.20. The number of hydrogen-bond acceptors (Lipinski definition) is 6. The highest BCUT2D eigenvalue weighted by atomic mass is 32.2. The Kier molecular flexibility index (Phi) is 6.66. The summed E-state index contributed by atoms with van der Waals surface area (Å²) < 4.78 is 43.8. The predicted octanol–water partition coefficient (Wildman–Crippen LogP) is 3.77. The number of ether oxygens (including phenoxy) is 3. The van der Waals surface area contributed by atoms with Crippen molar-refractivity contribution in [2.75, 3.05) is 31.4 Å². The Morgan fingerprint density at radius 3 is 2.26 bits per heavy atom. The molecule has 2 N–H and O–H groups in total. The quantitative estimate of drug-likeness (QED) is 0.551. The van der Waals surface area contributed by atoms with E-state index in [-0.39, 0.29) is 21.9 Å². The number of rotatable bonds is 8. The average molecular weight is 442 g/mol. The van der Waals surface area contributed by atoms with Gasteiger partial charge in [-0.15, -0.1) is 0 Å². The molecule has 0 aromatic heterocycles. The molecule has 0 aliphatic heterocycles. The molecule has 162 valence electrons. The van der Waals surface area contributed by atoms with Crippen LogP contribution < -0.4 is 24.2 Å². The monoisotopic (exact) mass is 442 g/mol. The Morgan fingerprint density at radius 2 is 1.55 bits per heavy atom. The summed E-state index contributed by atoms with van der Waals surface area (Å²) in [4.78, 5) is 12.8. The number of carbonyl (C=O) groups excluding carboxylic acids is 1. The van der Waals surface area contributed by atoms with Gasteiger partial charge in [0.2, 0.25) is 0 Å². The summed E-state index contributed by atoms with van der Waals surface area (Å²) in [5, 5.41) is 2.74. The van der Waals surface area contributed by atoms with Crippen molar-refractivity contribution in [1.82, 2.24) is 0 Å². The molecule has 0 bridgehead atoms. The standard InChI is InChI=1S/C22H22N2O6S/c1-28-16-8-6-7-15(13-16)23-22(25)18-9-4-5-10-19(18)24-31(26,27)17-11-12-20(29-2)21(14-17)30-3/h4-14,24H,1-3H3,(H,23,25).